The van der Waals surface area contributed by atoms with Gasteiger partial charge in [-0.15, -0.1) is 11.3 Å². The Labute approximate surface area is 170 Å². The average molecular weight is 397 g/mol. The van der Waals surface area contributed by atoms with E-state index in [4.69, 9.17) is 4.74 Å². The molecule has 4 bridgehead atoms. The highest BCUT2D eigenvalue weighted by atomic mass is 32.1. The van der Waals surface area contributed by atoms with E-state index in [0.717, 1.165) is 41.3 Å². The first-order valence-electron chi connectivity index (χ1n) is 10.6. The van der Waals surface area contributed by atoms with Crippen molar-refractivity contribution in [1.82, 2.24) is 9.88 Å². The highest BCUT2D eigenvalue weighted by Crippen LogP contribution is 2.58. The van der Waals surface area contributed by atoms with E-state index in [1.807, 2.05) is 35.2 Å². The second kappa shape index (κ2) is 7.18. The molecule has 0 N–H and O–H groups in total. The van der Waals surface area contributed by atoms with Crippen LogP contribution in [0.2, 0.25) is 0 Å². The van der Waals surface area contributed by atoms with Crippen LogP contribution in [0.25, 0.3) is 0 Å². The number of ether oxygens (including phenoxy) is 1. The Bertz CT molecular complexity index is 813. The number of amides is 1. The van der Waals surface area contributed by atoms with Crippen LogP contribution in [0, 0.1) is 17.8 Å². The largest absolute Gasteiger partial charge is 0.487 e. The first-order chi connectivity index (χ1) is 13.6. The second-order valence-corrected chi connectivity index (χ2v) is 9.71. The quantitative estimate of drug-likeness (QED) is 0.678. The summed E-state index contributed by atoms with van der Waals surface area (Å²) in [5.41, 5.74) is 3.57. The van der Waals surface area contributed by atoms with E-state index < -0.39 is 0 Å². The number of carbonyl (C=O) groups excluding carboxylic acids is 1. The SMILES string of the molecule is CCN(C(=O)c1cccc(OCc2cscn2)c1)C12CC3CC(CC(C3)C1)C2. The van der Waals surface area contributed by atoms with Crippen LogP contribution < -0.4 is 4.74 Å². The molecule has 5 heteroatoms. The molecule has 0 unspecified atom stereocenters. The minimum absolute atomic E-state index is 0.0953. The maximum Gasteiger partial charge on any atom is 0.254 e. The molecule has 1 aromatic heterocycles. The Kier molecular flexibility index (Phi) is 4.66. The minimum atomic E-state index is 0.0953. The molecule has 2 aromatic rings. The first-order valence-corrected chi connectivity index (χ1v) is 11.5. The highest BCUT2D eigenvalue weighted by Gasteiger charge is 2.54. The smallest absolute Gasteiger partial charge is 0.254 e. The van der Waals surface area contributed by atoms with Crippen molar-refractivity contribution in [3.63, 3.8) is 0 Å². The van der Waals surface area contributed by atoms with Gasteiger partial charge in [-0.25, -0.2) is 4.98 Å². The molecule has 4 fully saturated rings. The Morgan fingerprint density at radius 1 is 1.21 bits per heavy atom. The lowest BCUT2D eigenvalue weighted by atomic mass is 9.52. The summed E-state index contributed by atoms with van der Waals surface area (Å²) in [6.07, 6.45) is 7.80. The number of aromatic nitrogens is 1. The predicted octanol–water partition coefficient (Wildman–Crippen LogP) is 5.15. The second-order valence-electron chi connectivity index (χ2n) is 8.99. The van der Waals surface area contributed by atoms with Crippen molar-refractivity contribution in [3.05, 3.63) is 46.4 Å². The van der Waals surface area contributed by atoms with Gasteiger partial charge in [0.25, 0.3) is 5.91 Å². The molecule has 148 valence electrons. The molecular weight excluding hydrogens is 368 g/mol. The molecule has 0 spiro atoms. The third-order valence-electron chi connectivity index (χ3n) is 7.09. The van der Waals surface area contributed by atoms with Crippen LogP contribution in [0.1, 0.15) is 61.5 Å². The lowest BCUT2D eigenvalue weighted by molar-refractivity contribution is -0.0731. The van der Waals surface area contributed by atoms with Crippen LogP contribution in [0.15, 0.2) is 35.2 Å². The van der Waals surface area contributed by atoms with E-state index in [-0.39, 0.29) is 11.4 Å². The zero-order chi connectivity index (χ0) is 19.1. The van der Waals surface area contributed by atoms with Gasteiger partial charge in [0.15, 0.2) is 0 Å². The maximum absolute atomic E-state index is 13.5. The third kappa shape index (κ3) is 3.24. The van der Waals surface area contributed by atoms with Crippen molar-refractivity contribution in [1.29, 1.82) is 0 Å². The highest BCUT2D eigenvalue weighted by molar-refractivity contribution is 7.07. The molecule has 0 aliphatic heterocycles. The van der Waals surface area contributed by atoms with Crippen molar-refractivity contribution in [3.8, 4) is 5.75 Å². The number of hydrogen-bond donors (Lipinski definition) is 0. The minimum Gasteiger partial charge on any atom is -0.487 e. The summed E-state index contributed by atoms with van der Waals surface area (Å²) in [5, 5.41) is 1.99. The fraction of sp³-hybridized carbons (Fsp3) is 0.565. The Morgan fingerprint density at radius 3 is 2.54 bits per heavy atom. The van der Waals surface area contributed by atoms with Gasteiger partial charge in [0.05, 0.1) is 11.2 Å². The van der Waals surface area contributed by atoms with Gasteiger partial charge in [-0.2, -0.15) is 0 Å². The summed E-state index contributed by atoms with van der Waals surface area (Å²) in [7, 11) is 0. The Balaban J connectivity index is 1.35. The monoisotopic (exact) mass is 396 g/mol. The van der Waals surface area contributed by atoms with Gasteiger partial charge in [0, 0.05) is 23.0 Å². The molecule has 28 heavy (non-hydrogen) atoms. The van der Waals surface area contributed by atoms with Crippen molar-refractivity contribution < 1.29 is 9.53 Å². The average Bonchev–Trinajstić information content (AvgIpc) is 3.19. The van der Waals surface area contributed by atoms with Gasteiger partial charge in [0.2, 0.25) is 0 Å². The van der Waals surface area contributed by atoms with Crippen LogP contribution in [0.3, 0.4) is 0 Å². The zero-order valence-electron chi connectivity index (χ0n) is 16.5. The molecule has 4 saturated carbocycles. The fourth-order valence-electron chi connectivity index (χ4n) is 6.43. The van der Waals surface area contributed by atoms with Crippen molar-refractivity contribution >= 4 is 17.2 Å². The summed E-state index contributed by atoms with van der Waals surface area (Å²) >= 11 is 1.56. The number of hydrogen-bond acceptors (Lipinski definition) is 4. The summed E-state index contributed by atoms with van der Waals surface area (Å²) < 4.78 is 5.88. The van der Waals surface area contributed by atoms with Gasteiger partial charge in [0.1, 0.15) is 12.4 Å². The predicted molar refractivity (Wildman–Crippen MR) is 111 cm³/mol. The van der Waals surface area contributed by atoms with E-state index >= 15 is 0 Å². The number of nitrogens with zero attached hydrogens (tertiary/aromatic N) is 2. The molecule has 4 aliphatic carbocycles. The van der Waals surface area contributed by atoms with E-state index in [1.165, 1.54) is 38.5 Å². The normalized spacial score (nSPS) is 30.4. The van der Waals surface area contributed by atoms with Crippen LogP contribution in [-0.4, -0.2) is 27.9 Å². The molecule has 0 radical (unpaired) electrons. The maximum atomic E-state index is 13.5. The Hall–Kier alpha value is -1.88. The van der Waals surface area contributed by atoms with Crippen LogP contribution in [0.4, 0.5) is 0 Å². The first kappa shape index (κ1) is 18.2. The van der Waals surface area contributed by atoms with Crippen molar-refractivity contribution in [2.75, 3.05) is 6.54 Å². The third-order valence-corrected chi connectivity index (χ3v) is 7.73. The Morgan fingerprint density at radius 2 is 1.93 bits per heavy atom. The van der Waals surface area contributed by atoms with E-state index in [1.54, 1.807) is 11.3 Å². The molecule has 4 nitrogen and oxygen atoms in total. The molecule has 1 heterocycles. The number of carbonyl (C=O) groups is 1. The van der Waals surface area contributed by atoms with Crippen molar-refractivity contribution in [2.45, 2.75) is 57.6 Å². The molecular formula is C23H28N2O2S. The fourth-order valence-corrected chi connectivity index (χ4v) is 6.97. The van der Waals surface area contributed by atoms with Gasteiger partial charge in [-0.05, 0) is 81.4 Å². The topological polar surface area (TPSA) is 42.4 Å². The molecule has 1 aromatic carbocycles. The lowest BCUT2D eigenvalue weighted by Crippen LogP contribution is -2.61. The molecule has 0 atom stereocenters. The van der Waals surface area contributed by atoms with Gasteiger partial charge in [-0.1, -0.05) is 6.07 Å². The standard InChI is InChI=1S/C23H28N2O2S/c1-2-25(23-10-16-6-17(11-23)8-18(7-16)12-23)22(26)19-4-3-5-21(9-19)27-13-20-14-28-15-24-20/h3-5,9,14-18H,2,6-8,10-13H2,1H3. The summed E-state index contributed by atoms with van der Waals surface area (Å²) in [4.78, 5) is 20.0. The van der Waals surface area contributed by atoms with Crippen molar-refractivity contribution in [2.24, 2.45) is 17.8 Å². The van der Waals surface area contributed by atoms with Gasteiger partial charge >= 0.3 is 0 Å². The molecule has 6 rings (SSSR count). The van der Waals surface area contributed by atoms with Crippen LogP contribution in [-0.2, 0) is 6.61 Å². The van der Waals surface area contributed by atoms with Gasteiger partial charge in [-0.3, -0.25) is 4.79 Å². The van der Waals surface area contributed by atoms with Gasteiger partial charge < -0.3 is 9.64 Å². The number of benzene rings is 1. The number of thiazole rings is 1. The molecule has 4 aliphatic rings. The van der Waals surface area contributed by atoms with Crippen LogP contribution >= 0.6 is 11.3 Å². The van der Waals surface area contributed by atoms with E-state index in [2.05, 4.69) is 16.8 Å². The summed E-state index contributed by atoms with van der Waals surface area (Å²) in [6.45, 7) is 3.36. The van der Waals surface area contributed by atoms with E-state index in [0.29, 0.717) is 6.61 Å². The summed E-state index contributed by atoms with van der Waals surface area (Å²) in [6, 6.07) is 7.68. The summed E-state index contributed by atoms with van der Waals surface area (Å²) in [5.74, 6) is 3.41. The number of rotatable bonds is 6. The van der Waals surface area contributed by atoms with Crippen LogP contribution in [0.5, 0.6) is 5.75 Å². The molecule has 1 amide bonds. The lowest BCUT2D eigenvalue weighted by Gasteiger charge is -2.60. The van der Waals surface area contributed by atoms with E-state index in [9.17, 15) is 4.79 Å². The zero-order valence-corrected chi connectivity index (χ0v) is 17.3. The molecule has 0 saturated heterocycles.